The molecule has 0 saturated heterocycles. The fraction of sp³-hybridized carbons (Fsp3) is 0.600. The number of nitrogens with zero attached hydrogens (tertiary/aromatic N) is 4. The van der Waals surface area contributed by atoms with E-state index in [-0.39, 0.29) is 6.61 Å². The van der Waals surface area contributed by atoms with E-state index in [1.807, 2.05) is 12.1 Å². The van der Waals surface area contributed by atoms with Gasteiger partial charge in [0.1, 0.15) is 5.82 Å². The monoisotopic (exact) mass is 342 g/mol. The van der Waals surface area contributed by atoms with Gasteiger partial charge in [0.05, 0.1) is 29.3 Å². The first kappa shape index (κ1) is 19.4. The fourth-order valence-electron chi connectivity index (χ4n) is 3.37. The third-order valence-electron chi connectivity index (χ3n) is 4.48. The second-order valence-electron chi connectivity index (χ2n) is 6.52. The van der Waals surface area contributed by atoms with Crippen LogP contribution in [0.5, 0.6) is 0 Å². The van der Waals surface area contributed by atoms with E-state index in [1.165, 1.54) is 25.9 Å². The zero-order valence-electron chi connectivity index (χ0n) is 15.5. The summed E-state index contributed by atoms with van der Waals surface area (Å²) in [5.74, 6) is 1.01. The van der Waals surface area contributed by atoms with Gasteiger partial charge in [0.2, 0.25) is 0 Å². The van der Waals surface area contributed by atoms with Crippen molar-refractivity contribution in [1.29, 1.82) is 5.26 Å². The number of fused-ring (bicyclic) bond motifs is 1. The van der Waals surface area contributed by atoms with Gasteiger partial charge in [-0.05, 0) is 63.5 Å². The van der Waals surface area contributed by atoms with Crippen molar-refractivity contribution in [3.63, 3.8) is 0 Å². The van der Waals surface area contributed by atoms with Crippen molar-refractivity contribution in [3.05, 3.63) is 29.6 Å². The summed E-state index contributed by atoms with van der Waals surface area (Å²) < 4.78 is 2.06. The zero-order chi connectivity index (χ0) is 18.1. The summed E-state index contributed by atoms with van der Waals surface area (Å²) >= 11 is 0. The Morgan fingerprint density at radius 1 is 1.16 bits per heavy atom. The summed E-state index contributed by atoms with van der Waals surface area (Å²) in [6.07, 6.45) is 5.55. The van der Waals surface area contributed by atoms with Crippen LogP contribution in [-0.4, -0.2) is 45.8 Å². The van der Waals surface area contributed by atoms with E-state index in [4.69, 9.17) is 10.2 Å². The summed E-state index contributed by atoms with van der Waals surface area (Å²) in [4.78, 5) is 7.26. The smallest absolute Gasteiger partial charge is 0.109 e. The first-order valence-corrected chi connectivity index (χ1v) is 9.45. The number of unbranched alkanes of at least 4 members (excludes halogenated alkanes) is 1. The molecular weight excluding hydrogens is 312 g/mol. The molecule has 0 radical (unpaired) electrons. The van der Waals surface area contributed by atoms with Crippen molar-refractivity contribution in [2.75, 3.05) is 26.2 Å². The van der Waals surface area contributed by atoms with Crippen LogP contribution in [0.25, 0.3) is 11.0 Å². The van der Waals surface area contributed by atoms with Gasteiger partial charge < -0.3 is 14.6 Å². The molecule has 5 heteroatoms. The van der Waals surface area contributed by atoms with Crippen molar-refractivity contribution in [1.82, 2.24) is 14.5 Å². The fourth-order valence-corrected chi connectivity index (χ4v) is 3.37. The number of aromatic nitrogens is 2. The van der Waals surface area contributed by atoms with Crippen LogP contribution in [0.3, 0.4) is 0 Å². The zero-order valence-corrected chi connectivity index (χ0v) is 15.5. The Kier molecular flexibility index (Phi) is 7.90. The Hall–Kier alpha value is -1.90. The average molecular weight is 342 g/mol. The van der Waals surface area contributed by atoms with Gasteiger partial charge in [-0.25, -0.2) is 4.98 Å². The minimum atomic E-state index is 0.0794. The minimum Gasteiger partial charge on any atom is -0.395 e. The highest BCUT2D eigenvalue weighted by atomic mass is 16.3. The molecule has 0 spiro atoms. The quantitative estimate of drug-likeness (QED) is 0.636. The second kappa shape index (κ2) is 10.2. The Morgan fingerprint density at radius 2 is 1.92 bits per heavy atom. The predicted octanol–water partition coefficient (Wildman–Crippen LogP) is 3.34. The van der Waals surface area contributed by atoms with E-state index in [0.29, 0.717) is 12.1 Å². The first-order chi connectivity index (χ1) is 12.2. The molecule has 1 heterocycles. The maximum absolute atomic E-state index is 9.39. The van der Waals surface area contributed by atoms with E-state index in [1.54, 1.807) is 6.07 Å². The predicted molar refractivity (Wildman–Crippen MR) is 101 cm³/mol. The van der Waals surface area contributed by atoms with E-state index < -0.39 is 0 Å². The largest absolute Gasteiger partial charge is 0.395 e. The van der Waals surface area contributed by atoms with Gasteiger partial charge in [0, 0.05) is 13.0 Å². The van der Waals surface area contributed by atoms with Crippen LogP contribution in [-0.2, 0) is 13.0 Å². The van der Waals surface area contributed by atoms with Crippen LogP contribution in [0.4, 0.5) is 0 Å². The molecule has 2 rings (SSSR count). The lowest BCUT2D eigenvalue weighted by Gasteiger charge is -2.20. The van der Waals surface area contributed by atoms with E-state index >= 15 is 0 Å². The first-order valence-electron chi connectivity index (χ1n) is 9.45. The molecule has 1 aromatic heterocycles. The van der Waals surface area contributed by atoms with Gasteiger partial charge in [-0.15, -0.1) is 0 Å². The Labute approximate surface area is 150 Å². The Balaban J connectivity index is 2.02. The van der Waals surface area contributed by atoms with Crippen molar-refractivity contribution in [2.45, 2.75) is 52.5 Å². The highest BCUT2D eigenvalue weighted by molar-refractivity contribution is 5.77. The van der Waals surface area contributed by atoms with Gasteiger partial charge in [-0.3, -0.25) is 0 Å². The van der Waals surface area contributed by atoms with Gasteiger partial charge >= 0.3 is 0 Å². The lowest BCUT2D eigenvalue weighted by molar-refractivity contribution is 0.267. The average Bonchev–Trinajstić information content (AvgIpc) is 2.96. The lowest BCUT2D eigenvalue weighted by Crippen LogP contribution is -2.26. The molecule has 0 aliphatic carbocycles. The number of aliphatic hydroxyl groups excluding tert-OH is 1. The van der Waals surface area contributed by atoms with Crippen LogP contribution in [0, 0.1) is 11.3 Å². The summed E-state index contributed by atoms with van der Waals surface area (Å²) in [5.41, 5.74) is 2.48. The second-order valence-corrected chi connectivity index (χ2v) is 6.52. The van der Waals surface area contributed by atoms with E-state index in [9.17, 15) is 5.11 Å². The number of aliphatic hydroxyl groups is 1. The van der Waals surface area contributed by atoms with Crippen LogP contribution in [0.15, 0.2) is 18.2 Å². The molecule has 136 valence electrons. The molecule has 0 atom stereocenters. The highest BCUT2D eigenvalue weighted by Gasteiger charge is 2.11. The van der Waals surface area contributed by atoms with E-state index in [2.05, 4.69) is 29.4 Å². The van der Waals surface area contributed by atoms with Gasteiger partial charge in [-0.1, -0.05) is 13.8 Å². The van der Waals surface area contributed by atoms with Crippen molar-refractivity contribution in [3.8, 4) is 6.07 Å². The Morgan fingerprint density at radius 3 is 2.56 bits per heavy atom. The molecule has 5 nitrogen and oxygen atoms in total. The number of hydrogen-bond donors (Lipinski definition) is 1. The van der Waals surface area contributed by atoms with Crippen molar-refractivity contribution < 1.29 is 5.11 Å². The van der Waals surface area contributed by atoms with Crippen molar-refractivity contribution >= 4 is 11.0 Å². The maximum atomic E-state index is 9.39. The normalized spacial score (nSPS) is 11.3. The summed E-state index contributed by atoms with van der Waals surface area (Å²) in [6.45, 7) is 8.56. The standard InChI is InChI=1S/C20H30N4O/c1-3-10-23(11-4-2)12-6-5-7-20-22-18-9-8-17(16-21)15-19(18)24(20)13-14-25/h8-9,15,25H,3-7,10-14H2,1-2H3. The third-order valence-corrected chi connectivity index (χ3v) is 4.48. The number of imidazole rings is 1. The molecule has 0 bridgehead atoms. The molecule has 2 aromatic rings. The highest BCUT2D eigenvalue weighted by Crippen LogP contribution is 2.19. The molecule has 0 fully saturated rings. The summed E-state index contributed by atoms with van der Waals surface area (Å²) in [5, 5.41) is 18.5. The van der Waals surface area contributed by atoms with Crippen LogP contribution in [0.1, 0.15) is 50.9 Å². The van der Waals surface area contributed by atoms with Crippen molar-refractivity contribution in [2.24, 2.45) is 0 Å². The van der Waals surface area contributed by atoms with Gasteiger partial charge in [0.25, 0.3) is 0 Å². The van der Waals surface area contributed by atoms with E-state index in [0.717, 1.165) is 42.7 Å². The molecule has 0 unspecified atom stereocenters. The maximum Gasteiger partial charge on any atom is 0.109 e. The molecular formula is C20H30N4O. The molecule has 1 aromatic carbocycles. The van der Waals surface area contributed by atoms with Crippen LogP contribution < -0.4 is 0 Å². The molecule has 0 aliphatic rings. The molecule has 0 saturated carbocycles. The van der Waals surface area contributed by atoms with Gasteiger partial charge in [-0.2, -0.15) is 5.26 Å². The molecule has 0 amide bonds. The summed E-state index contributed by atoms with van der Waals surface area (Å²) in [7, 11) is 0. The third kappa shape index (κ3) is 5.29. The topological polar surface area (TPSA) is 65.1 Å². The molecule has 1 N–H and O–H groups in total. The van der Waals surface area contributed by atoms with Crippen LogP contribution in [0.2, 0.25) is 0 Å². The van der Waals surface area contributed by atoms with Crippen LogP contribution >= 0.6 is 0 Å². The number of aryl methyl sites for hydroxylation is 1. The minimum absolute atomic E-state index is 0.0794. The summed E-state index contributed by atoms with van der Waals surface area (Å²) in [6, 6.07) is 7.74. The lowest BCUT2D eigenvalue weighted by atomic mass is 10.2. The number of benzene rings is 1. The van der Waals surface area contributed by atoms with Gasteiger partial charge in [0.15, 0.2) is 0 Å². The Bertz CT molecular complexity index is 696. The number of hydrogen-bond acceptors (Lipinski definition) is 4. The SMILES string of the molecule is CCCN(CCC)CCCCc1nc2ccc(C#N)cc2n1CCO. The number of rotatable bonds is 11. The number of nitriles is 1. The molecule has 25 heavy (non-hydrogen) atoms. The molecule has 0 aliphatic heterocycles.